The second-order valence-corrected chi connectivity index (χ2v) is 4.29. The SMILES string of the molecule is CCCC[NH+](C)Cc1cc([O-])ccc1[N+](=O)[O-]. The second-order valence-electron chi connectivity index (χ2n) is 4.29. The summed E-state index contributed by atoms with van der Waals surface area (Å²) >= 11 is 0. The molecule has 0 aliphatic heterocycles. The molecule has 0 amide bonds. The van der Waals surface area contributed by atoms with Gasteiger partial charge in [-0.25, -0.2) is 0 Å². The van der Waals surface area contributed by atoms with Gasteiger partial charge in [-0.1, -0.05) is 25.5 Å². The molecule has 0 saturated carbocycles. The van der Waals surface area contributed by atoms with E-state index in [0.717, 1.165) is 19.4 Å². The molecule has 0 aliphatic rings. The summed E-state index contributed by atoms with van der Waals surface area (Å²) in [6.45, 7) is 3.58. The zero-order chi connectivity index (χ0) is 12.8. The van der Waals surface area contributed by atoms with Crippen LogP contribution in [0.5, 0.6) is 5.75 Å². The van der Waals surface area contributed by atoms with Crippen molar-refractivity contribution in [3.63, 3.8) is 0 Å². The van der Waals surface area contributed by atoms with Gasteiger partial charge in [0.05, 0.1) is 24.1 Å². The van der Waals surface area contributed by atoms with Gasteiger partial charge in [0.2, 0.25) is 0 Å². The van der Waals surface area contributed by atoms with Crippen molar-refractivity contribution in [2.45, 2.75) is 26.3 Å². The van der Waals surface area contributed by atoms with Crippen molar-refractivity contribution >= 4 is 5.69 Å². The van der Waals surface area contributed by atoms with E-state index in [1.54, 1.807) is 0 Å². The highest BCUT2D eigenvalue weighted by Crippen LogP contribution is 2.20. The Balaban J connectivity index is 2.81. The van der Waals surface area contributed by atoms with Crippen LogP contribution in [0.3, 0.4) is 0 Å². The Morgan fingerprint density at radius 3 is 2.71 bits per heavy atom. The van der Waals surface area contributed by atoms with Crippen molar-refractivity contribution in [1.29, 1.82) is 0 Å². The van der Waals surface area contributed by atoms with Crippen LogP contribution in [0.25, 0.3) is 0 Å². The number of quaternary nitrogens is 1. The van der Waals surface area contributed by atoms with Gasteiger partial charge < -0.3 is 10.0 Å². The number of nitro groups is 1. The molecule has 0 heterocycles. The Kier molecular flexibility index (Phi) is 4.90. The van der Waals surface area contributed by atoms with E-state index in [1.807, 2.05) is 7.05 Å². The summed E-state index contributed by atoms with van der Waals surface area (Å²) in [5, 5.41) is 22.1. The Morgan fingerprint density at radius 1 is 1.41 bits per heavy atom. The van der Waals surface area contributed by atoms with E-state index < -0.39 is 4.92 Å². The zero-order valence-corrected chi connectivity index (χ0v) is 10.2. The van der Waals surface area contributed by atoms with Gasteiger partial charge in [0, 0.05) is 6.07 Å². The van der Waals surface area contributed by atoms with Gasteiger partial charge >= 0.3 is 0 Å². The van der Waals surface area contributed by atoms with Gasteiger partial charge in [-0.3, -0.25) is 10.1 Å². The van der Waals surface area contributed by atoms with Crippen LogP contribution in [0.1, 0.15) is 25.3 Å². The van der Waals surface area contributed by atoms with E-state index >= 15 is 0 Å². The lowest BCUT2D eigenvalue weighted by molar-refractivity contribution is -0.894. The molecule has 0 bridgehead atoms. The van der Waals surface area contributed by atoms with Crippen LogP contribution in [0, 0.1) is 10.1 Å². The highest BCUT2D eigenvalue weighted by atomic mass is 16.6. The van der Waals surface area contributed by atoms with Crippen molar-refractivity contribution in [2.75, 3.05) is 13.6 Å². The number of hydrogen-bond acceptors (Lipinski definition) is 3. The Labute approximate surface area is 101 Å². The molecule has 0 spiro atoms. The van der Waals surface area contributed by atoms with E-state index in [2.05, 4.69) is 6.92 Å². The minimum absolute atomic E-state index is 0.0421. The Hall–Kier alpha value is -1.62. The molecule has 1 rings (SSSR count). The topological polar surface area (TPSA) is 70.6 Å². The van der Waals surface area contributed by atoms with Crippen molar-refractivity contribution in [1.82, 2.24) is 0 Å². The van der Waals surface area contributed by atoms with E-state index in [9.17, 15) is 15.2 Å². The van der Waals surface area contributed by atoms with Crippen LogP contribution in [0.2, 0.25) is 0 Å². The number of benzene rings is 1. The predicted octanol–water partition coefficient (Wildman–Crippen LogP) is 0.483. The number of nitrogens with zero attached hydrogens (tertiary/aromatic N) is 1. The molecule has 1 N–H and O–H groups in total. The van der Waals surface area contributed by atoms with E-state index in [-0.39, 0.29) is 11.4 Å². The fourth-order valence-corrected chi connectivity index (χ4v) is 1.77. The van der Waals surface area contributed by atoms with Crippen LogP contribution in [0.15, 0.2) is 18.2 Å². The first-order valence-electron chi connectivity index (χ1n) is 5.80. The van der Waals surface area contributed by atoms with Gasteiger partial charge in [-0.05, 0) is 6.42 Å². The first-order chi connectivity index (χ1) is 8.04. The Bertz CT molecular complexity index is 393. The quantitative estimate of drug-likeness (QED) is 0.579. The van der Waals surface area contributed by atoms with Crippen LogP contribution in [-0.4, -0.2) is 18.5 Å². The molecule has 0 fully saturated rings. The molecule has 1 unspecified atom stereocenters. The highest BCUT2D eigenvalue weighted by molar-refractivity contribution is 5.43. The molecule has 0 aliphatic carbocycles. The molecule has 1 atom stereocenters. The zero-order valence-electron chi connectivity index (χ0n) is 10.2. The average molecular weight is 238 g/mol. The lowest BCUT2D eigenvalue weighted by Crippen LogP contribution is -3.07. The Morgan fingerprint density at radius 2 is 2.12 bits per heavy atom. The normalized spacial score (nSPS) is 12.4. The standard InChI is InChI=1S/C12H18N2O3/c1-3-4-7-13(2)9-10-8-11(15)5-6-12(10)14(16)17/h5-6,8,15H,3-4,7,9H2,1-2H3. The third-order valence-electron chi connectivity index (χ3n) is 2.70. The van der Waals surface area contributed by atoms with Crippen LogP contribution in [-0.2, 0) is 6.54 Å². The summed E-state index contributed by atoms with van der Waals surface area (Å²) in [6, 6.07) is 3.90. The fourth-order valence-electron chi connectivity index (χ4n) is 1.77. The van der Waals surface area contributed by atoms with Gasteiger partial charge in [-0.2, -0.15) is 0 Å². The van der Waals surface area contributed by atoms with Gasteiger partial charge in [-0.15, -0.1) is 5.75 Å². The first-order valence-corrected chi connectivity index (χ1v) is 5.80. The first kappa shape index (κ1) is 13.4. The highest BCUT2D eigenvalue weighted by Gasteiger charge is 2.15. The molecule has 5 nitrogen and oxygen atoms in total. The largest absolute Gasteiger partial charge is 0.872 e. The summed E-state index contributed by atoms with van der Waals surface area (Å²) in [6.07, 6.45) is 2.18. The molecular formula is C12H18N2O3. The molecule has 0 saturated heterocycles. The molecule has 1 aromatic rings. The third-order valence-corrected chi connectivity index (χ3v) is 2.70. The van der Waals surface area contributed by atoms with E-state index in [0.29, 0.717) is 12.1 Å². The maximum absolute atomic E-state index is 11.2. The monoisotopic (exact) mass is 238 g/mol. The number of unbranched alkanes of at least 4 members (excludes halogenated alkanes) is 1. The smallest absolute Gasteiger partial charge is 0.278 e. The number of hydrogen-bond donors (Lipinski definition) is 1. The van der Waals surface area contributed by atoms with Crippen molar-refractivity contribution in [3.8, 4) is 5.75 Å². The maximum atomic E-state index is 11.2. The number of nitro benzene ring substituents is 1. The second kappa shape index (κ2) is 6.20. The minimum Gasteiger partial charge on any atom is -0.872 e. The summed E-state index contributed by atoms with van der Waals surface area (Å²) in [4.78, 5) is 11.6. The van der Waals surface area contributed by atoms with Crippen LogP contribution >= 0.6 is 0 Å². The maximum Gasteiger partial charge on any atom is 0.278 e. The number of rotatable bonds is 6. The molecular weight excluding hydrogens is 220 g/mol. The van der Waals surface area contributed by atoms with Gasteiger partial charge in [0.25, 0.3) is 5.69 Å². The molecule has 94 valence electrons. The third kappa shape index (κ3) is 4.03. The van der Waals surface area contributed by atoms with Gasteiger partial charge in [0.1, 0.15) is 6.54 Å². The lowest BCUT2D eigenvalue weighted by atomic mass is 10.1. The van der Waals surface area contributed by atoms with E-state index in [1.165, 1.54) is 23.1 Å². The van der Waals surface area contributed by atoms with Crippen LogP contribution < -0.4 is 10.0 Å². The lowest BCUT2D eigenvalue weighted by Gasteiger charge is -2.15. The molecule has 5 heteroatoms. The molecule has 0 aromatic heterocycles. The van der Waals surface area contributed by atoms with Gasteiger partial charge in [0.15, 0.2) is 0 Å². The summed E-state index contributed by atoms with van der Waals surface area (Å²) in [5.41, 5.74) is 0.566. The molecule has 17 heavy (non-hydrogen) atoms. The summed E-state index contributed by atoms with van der Waals surface area (Å²) in [7, 11) is 1.98. The van der Waals surface area contributed by atoms with E-state index in [4.69, 9.17) is 0 Å². The number of nitrogens with one attached hydrogen (secondary N) is 1. The van der Waals surface area contributed by atoms with Crippen molar-refractivity contribution in [3.05, 3.63) is 33.9 Å². The average Bonchev–Trinajstić information content (AvgIpc) is 2.26. The fraction of sp³-hybridized carbons (Fsp3) is 0.500. The van der Waals surface area contributed by atoms with Crippen molar-refractivity contribution in [2.24, 2.45) is 0 Å². The predicted molar refractivity (Wildman–Crippen MR) is 62.9 cm³/mol. The molecule has 0 radical (unpaired) electrons. The summed E-state index contributed by atoms with van der Waals surface area (Å²) in [5.74, 6) is -0.172. The molecule has 1 aromatic carbocycles. The van der Waals surface area contributed by atoms with Crippen LogP contribution in [0.4, 0.5) is 5.69 Å². The van der Waals surface area contributed by atoms with Crippen molar-refractivity contribution < 1.29 is 14.9 Å². The minimum atomic E-state index is -0.429. The summed E-state index contributed by atoms with van der Waals surface area (Å²) < 4.78 is 0.